The number of H-pyrrole nitrogens is 1. The summed E-state index contributed by atoms with van der Waals surface area (Å²) in [4.78, 5) is 8.79. The molecule has 2 aromatic heterocycles. The first-order valence-electron chi connectivity index (χ1n) is 9.11. The zero-order valence-corrected chi connectivity index (χ0v) is 17.0. The van der Waals surface area contributed by atoms with E-state index >= 15 is 0 Å². The molecule has 1 aliphatic carbocycles. The maximum atomic E-state index is 12.3. The molecule has 9 nitrogen and oxygen atoms in total. The number of aromatic amines is 1. The fraction of sp³-hybridized carbons (Fsp3) is 0.278. The molecule has 2 heterocycles. The van der Waals surface area contributed by atoms with Crippen LogP contribution >= 0.6 is 11.6 Å². The Morgan fingerprint density at radius 2 is 2.14 bits per heavy atom. The van der Waals surface area contributed by atoms with E-state index in [1.165, 1.54) is 31.2 Å². The minimum Gasteiger partial charge on any atom is -0.329 e. The highest BCUT2D eigenvalue weighted by atomic mass is 35.5. The maximum absolute atomic E-state index is 12.3. The third kappa shape index (κ3) is 4.56. The Morgan fingerprint density at radius 3 is 2.90 bits per heavy atom. The molecular formula is C18H26ClN7O2S. The van der Waals surface area contributed by atoms with E-state index < -0.39 is 10.0 Å². The number of halogens is 1. The van der Waals surface area contributed by atoms with Crippen LogP contribution in [0.3, 0.4) is 0 Å². The number of sulfonamides is 1. The minimum atomic E-state index is -3.66. The number of nitrogens with one attached hydrogen (secondary N) is 3. The highest BCUT2D eigenvalue weighted by Gasteiger charge is 2.25. The second-order valence-electron chi connectivity index (χ2n) is 6.71. The van der Waals surface area contributed by atoms with Crippen molar-refractivity contribution in [1.29, 1.82) is 0 Å². The molecule has 5 N–H and O–H groups in total. The van der Waals surface area contributed by atoms with Gasteiger partial charge in [-0.25, -0.2) is 23.1 Å². The van der Waals surface area contributed by atoms with Crippen LogP contribution < -0.4 is 15.8 Å². The van der Waals surface area contributed by atoms with Crippen molar-refractivity contribution in [3.05, 3.63) is 47.2 Å². The van der Waals surface area contributed by atoms with Gasteiger partial charge in [-0.05, 0) is 25.0 Å². The Morgan fingerprint density at radius 1 is 1.31 bits per heavy atom. The molecule has 11 heteroatoms. The van der Waals surface area contributed by atoms with Gasteiger partial charge >= 0.3 is 0 Å². The van der Waals surface area contributed by atoms with E-state index in [4.69, 9.17) is 17.3 Å². The second-order valence-corrected chi connectivity index (χ2v) is 8.89. The third-order valence-electron chi connectivity index (χ3n) is 4.44. The molecule has 4 rings (SSSR count). The predicted octanol–water partition coefficient (Wildman–Crippen LogP) is 3.12. The molecule has 0 radical (unpaired) electrons. The first kappa shape index (κ1) is 19.8. The standard InChI is InChI=1S/C18H20ClN7O2S.3H2/c19-14-10-21-17(12-2-1-3-13(8-12)29(27,28)22-7-6-20)24-18(14)23-16-9-15(25-26-16)11-4-5-11;;;/h1-3,8-11,22H,4-7,20H2,(H2,21,23,24,25,26);3*1H. The van der Waals surface area contributed by atoms with Gasteiger partial charge in [0.1, 0.15) is 5.02 Å². The maximum Gasteiger partial charge on any atom is 0.240 e. The van der Waals surface area contributed by atoms with Gasteiger partial charge in [-0.3, -0.25) is 5.10 Å². The summed E-state index contributed by atoms with van der Waals surface area (Å²) in [5.74, 6) is 1.89. The summed E-state index contributed by atoms with van der Waals surface area (Å²) >= 11 is 6.23. The van der Waals surface area contributed by atoms with E-state index in [0.29, 0.717) is 34.0 Å². The normalized spacial score (nSPS) is 14.1. The van der Waals surface area contributed by atoms with Crippen molar-refractivity contribution < 1.29 is 12.7 Å². The van der Waals surface area contributed by atoms with Crippen LogP contribution in [0.4, 0.5) is 11.6 Å². The summed E-state index contributed by atoms with van der Waals surface area (Å²) in [7, 11) is -3.66. The molecule has 0 saturated heterocycles. The number of hydrogen-bond donors (Lipinski definition) is 4. The number of hydrogen-bond acceptors (Lipinski definition) is 7. The van der Waals surface area contributed by atoms with Gasteiger partial charge in [-0.1, -0.05) is 23.7 Å². The predicted molar refractivity (Wildman–Crippen MR) is 117 cm³/mol. The highest BCUT2D eigenvalue weighted by molar-refractivity contribution is 7.89. The van der Waals surface area contributed by atoms with Crippen LogP contribution in [0, 0.1) is 0 Å². The van der Waals surface area contributed by atoms with Crippen molar-refractivity contribution in [2.45, 2.75) is 23.7 Å². The lowest BCUT2D eigenvalue weighted by Crippen LogP contribution is -2.29. The lowest BCUT2D eigenvalue weighted by Gasteiger charge is -2.09. The van der Waals surface area contributed by atoms with Gasteiger partial charge in [-0.15, -0.1) is 0 Å². The first-order chi connectivity index (χ1) is 14.0. The van der Waals surface area contributed by atoms with Crippen LogP contribution in [0.2, 0.25) is 5.02 Å². The molecule has 0 unspecified atom stereocenters. The molecular weight excluding hydrogens is 414 g/mol. The molecule has 0 amide bonds. The van der Waals surface area contributed by atoms with Crippen molar-refractivity contribution in [1.82, 2.24) is 24.9 Å². The quantitative estimate of drug-likeness (QED) is 0.422. The smallest absolute Gasteiger partial charge is 0.240 e. The van der Waals surface area contributed by atoms with E-state index in [0.717, 1.165) is 5.69 Å². The van der Waals surface area contributed by atoms with Gasteiger partial charge in [0, 0.05) is 40.6 Å². The topological polar surface area (TPSA) is 139 Å². The molecule has 3 aromatic rings. The molecule has 1 aliphatic rings. The van der Waals surface area contributed by atoms with Crippen LogP contribution in [-0.2, 0) is 10.0 Å². The van der Waals surface area contributed by atoms with Crippen molar-refractivity contribution >= 4 is 33.3 Å². The Labute approximate surface area is 177 Å². The minimum absolute atomic E-state index is 0. The van der Waals surface area contributed by atoms with Gasteiger partial charge in [0.2, 0.25) is 10.0 Å². The monoisotopic (exact) mass is 439 g/mol. The van der Waals surface area contributed by atoms with Crippen LogP contribution in [0.25, 0.3) is 11.4 Å². The van der Waals surface area contributed by atoms with Gasteiger partial charge < -0.3 is 11.1 Å². The highest BCUT2D eigenvalue weighted by Crippen LogP contribution is 2.39. The number of rotatable bonds is 8. The van der Waals surface area contributed by atoms with Crippen molar-refractivity contribution in [3.63, 3.8) is 0 Å². The Kier molecular flexibility index (Phi) is 5.50. The van der Waals surface area contributed by atoms with Crippen molar-refractivity contribution in [2.24, 2.45) is 5.73 Å². The summed E-state index contributed by atoms with van der Waals surface area (Å²) < 4.78 is 27.1. The number of nitrogens with two attached hydrogens (primary N) is 1. The molecule has 1 fully saturated rings. The summed E-state index contributed by atoms with van der Waals surface area (Å²) in [6, 6.07) is 8.31. The van der Waals surface area contributed by atoms with E-state index in [2.05, 4.69) is 30.2 Å². The van der Waals surface area contributed by atoms with Crippen molar-refractivity contribution in [2.75, 3.05) is 18.4 Å². The average Bonchev–Trinajstić information content (AvgIpc) is 3.47. The van der Waals surface area contributed by atoms with Crippen LogP contribution in [-0.4, -0.2) is 41.7 Å². The van der Waals surface area contributed by atoms with Gasteiger partial charge in [-0.2, -0.15) is 5.10 Å². The summed E-state index contributed by atoms with van der Waals surface area (Å²) in [6.45, 7) is 0.370. The average molecular weight is 440 g/mol. The van der Waals surface area contributed by atoms with Gasteiger partial charge in [0.15, 0.2) is 17.5 Å². The molecule has 1 aromatic carbocycles. The zero-order valence-electron chi connectivity index (χ0n) is 15.4. The van der Waals surface area contributed by atoms with Crippen LogP contribution in [0.5, 0.6) is 0 Å². The fourth-order valence-electron chi connectivity index (χ4n) is 2.80. The second kappa shape index (κ2) is 8.07. The van der Waals surface area contributed by atoms with E-state index in [1.807, 2.05) is 6.07 Å². The Balaban J connectivity index is 0.00000171. The van der Waals surface area contributed by atoms with Gasteiger partial charge in [0.25, 0.3) is 0 Å². The number of benzene rings is 1. The first-order valence-corrected chi connectivity index (χ1v) is 11.0. The molecule has 0 atom stereocenters. The van der Waals surface area contributed by atoms with Crippen LogP contribution in [0.1, 0.15) is 28.7 Å². The molecule has 0 aliphatic heterocycles. The Hall–Kier alpha value is -2.53. The van der Waals surface area contributed by atoms with Crippen molar-refractivity contribution in [3.8, 4) is 11.4 Å². The van der Waals surface area contributed by atoms with Crippen LogP contribution in [0.15, 0.2) is 41.4 Å². The molecule has 1 saturated carbocycles. The number of aromatic nitrogens is 4. The number of anilines is 2. The molecule has 0 bridgehead atoms. The molecule has 158 valence electrons. The summed E-state index contributed by atoms with van der Waals surface area (Å²) in [5, 5.41) is 10.7. The lowest BCUT2D eigenvalue weighted by molar-refractivity contribution is 0.582. The van der Waals surface area contributed by atoms with E-state index in [-0.39, 0.29) is 22.3 Å². The third-order valence-corrected chi connectivity index (χ3v) is 6.18. The Bertz CT molecular complexity index is 1140. The SMILES string of the molecule is NCCNS(=O)(=O)c1cccc(-c2ncc(Cl)c(Nc3cc(C4CC4)[nH]n3)n2)c1.[HH].[HH].[HH]. The largest absolute Gasteiger partial charge is 0.329 e. The number of nitrogens with zero attached hydrogens (tertiary/aromatic N) is 3. The molecule has 0 spiro atoms. The van der Waals surface area contributed by atoms with Gasteiger partial charge in [0.05, 0.1) is 11.1 Å². The zero-order chi connectivity index (χ0) is 20.4. The van der Waals surface area contributed by atoms with E-state index in [9.17, 15) is 8.42 Å². The van der Waals surface area contributed by atoms with E-state index in [1.54, 1.807) is 12.1 Å². The summed E-state index contributed by atoms with van der Waals surface area (Å²) in [6.07, 6.45) is 3.80. The molecule has 29 heavy (non-hydrogen) atoms. The summed E-state index contributed by atoms with van der Waals surface area (Å²) in [5.41, 5.74) is 7.00. The fourth-order valence-corrected chi connectivity index (χ4v) is 4.03. The lowest BCUT2D eigenvalue weighted by atomic mass is 10.2.